The molecule has 5 nitrogen and oxygen atoms in total. The Hall–Kier alpha value is -1.50. The first kappa shape index (κ1) is 17.6. The summed E-state index contributed by atoms with van der Waals surface area (Å²) in [6.07, 6.45) is -0.753. The number of rotatable bonds is 8. The monoisotopic (exact) mass is 310 g/mol. The maximum Gasteiger partial charge on any atom is 0.253 e. The maximum atomic E-state index is 12.1. The molecule has 0 aromatic heterocycles. The fourth-order valence-corrected chi connectivity index (χ4v) is 1.95. The molecule has 0 aliphatic heterocycles. The van der Waals surface area contributed by atoms with Crippen LogP contribution < -0.4 is 11.1 Å². The lowest BCUT2D eigenvalue weighted by molar-refractivity contribution is -0.131. The Morgan fingerprint density at radius 2 is 2.05 bits per heavy atom. The quantitative estimate of drug-likeness (QED) is 0.719. The van der Waals surface area contributed by atoms with Gasteiger partial charge in [0.25, 0.3) is 5.91 Å². The van der Waals surface area contributed by atoms with E-state index in [0.29, 0.717) is 24.5 Å². The standard InChI is InChI=1S/C15H22N2O3S/c1-4-19-9-10(2)20-11(3)15(18)17-13-8-6-5-7-12(13)14(16)21/h5-8,10-11H,4,9H2,1-3H3,(H2,16,21)(H,17,18). The number of benzene rings is 1. The smallest absolute Gasteiger partial charge is 0.253 e. The van der Waals surface area contributed by atoms with Gasteiger partial charge in [0.1, 0.15) is 11.1 Å². The van der Waals surface area contributed by atoms with Gasteiger partial charge in [-0.3, -0.25) is 4.79 Å². The normalized spacial score (nSPS) is 13.5. The Morgan fingerprint density at radius 3 is 2.67 bits per heavy atom. The zero-order valence-electron chi connectivity index (χ0n) is 12.6. The number of anilines is 1. The van der Waals surface area contributed by atoms with Crippen molar-refractivity contribution in [3.05, 3.63) is 29.8 Å². The van der Waals surface area contributed by atoms with Crippen LogP contribution in [-0.2, 0) is 14.3 Å². The molecular formula is C15H22N2O3S. The summed E-state index contributed by atoms with van der Waals surface area (Å²) in [5.41, 5.74) is 6.86. The average Bonchev–Trinajstić information content (AvgIpc) is 2.45. The molecule has 0 saturated heterocycles. The van der Waals surface area contributed by atoms with E-state index < -0.39 is 6.10 Å². The fraction of sp³-hybridized carbons (Fsp3) is 0.467. The third-order valence-electron chi connectivity index (χ3n) is 2.81. The molecule has 1 amide bonds. The van der Waals surface area contributed by atoms with Crippen molar-refractivity contribution in [3.8, 4) is 0 Å². The number of ether oxygens (including phenoxy) is 2. The first-order chi connectivity index (χ1) is 9.95. The van der Waals surface area contributed by atoms with Gasteiger partial charge in [-0.25, -0.2) is 0 Å². The molecule has 6 heteroatoms. The molecule has 3 N–H and O–H groups in total. The lowest BCUT2D eigenvalue weighted by atomic mass is 10.1. The van der Waals surface area contributed by atoms with E-state index in [4.69, 9.17) is 27.4 Å². The summed E-state index contributed by atoms with van der Waals surface area (Å²) in [5, 5.41) is 2.78. The van der Waals surface area contributed by atoms with Crippen molar-refractivity contribution in [1.82, 2.24) is 0 Å². The molecule has 0 heterocycles. The number of carbonyl (C=O) groups excluding carboxylic acids is 1. The van der Waals surface area contributed by atoms with Gasteiger partial charge in [-0.15, -0.1) is 0 Å². The molecule has 1 aromatic carbocycles. The van der Waals surface area contributed by atoms with Crippen LogP contribution in [0.4, 0.5) is 5.69 Å². The van der Waals surface area contributed by atoms with Crippen LogP contribution >= 0.6 is 12.2 Å². The molecule has 0 saturated carbocycles. The minimum atomic E-state index is -0.597. The van der Waals surface area contributed by atoms with Crippen molar-refractivity contribution in [2.24, 2.45) is 5.73 Å². The van der Waals surface area contributed by atoms with E-state index in [2.05, 4.69) is 5.32 Å². The van der Waals surface area contributed by atoms with Crippen LogP contribution in [0.3, 0.4) is 0 Å². The number of amides is 1. The van der Waals surface area contributed by atoms with Gasteiger partial charge in [-0.1, -0.05) is 24.4 Å². The van der Waals surface area contributed by atoms with E-state index in [1.807, 2.05) is 19.9 Å². The summed E-state index contributed by atoms with van der Waals surface area (Å²) in [7, 11) is 0. The SMILES string of the molecule is CCOCC(C)OC(C)C(=O)Nc1ccccc1C(N)=S. The number of carbonyl (C=O) groups is 1. The molecular weight excluding hydrogens is 288 g/mol. The number of thiocarbonyl (C=S) groups is 1. The summed E-state index contributed by atoms with van der Waals surface area (Å²) in [6.45, 7) is 6.55. The lowest BCUT2D eigenvalue weighted by Crippen LogP contribution is -2.33. The van der Waals surface area contributed by atoms with Crippen LogP contribution in [0.25, 0.3) is 0 Å². The second-order valence-electron chi connectivity index (χ2n) is 4.65. The topological polar surface area (TPSA) is 73.6 Å². The van der Waals surface area contributed by atoms with Crippen molar-refractivity contribution in [1.29, 1.82) is 0 Å². The highest BCUT2D eigenvalue weighted by atomic mass is 32.1. The average molecular weight is 310 g/mol. The Bertz CT molecular complexity index is 494. The maximum absolute atomic E-state index is 12.1. The van der Waals surface area contributed by atoms with Crippen LogP contribution in [0, 0.1) is 0 Å². The van der Waals surface area contributed by atoms with Gasteiger partial charge in [0, 0.05) is 12.2 Å². The molecule has 116 valence electrons. The molecule has 0 fully saturated rings. The van der Waals surface area contributed by atoms with E-state index >= 15 is 0 Å². The van der Waals surface area contributed by atoms with Gasteiger partial charge in [0.2, 0.25) is 0 Å². The van der Waals surface area contributed by atoms with Crippen LogP contribution in [-0.4, -0.2) is 36.3 Å². The second kappa shape index (κ2) is 8.71. The largest absolute Gasteiger partial charge is 0.389 e. The fourth-order valence-electron chi connectivity index (χ4n) is 1.77. The third kappa shape index (κ3) is 5.79. The Labute approximate surface area is 130 Å². The summed E-state index contributed by atoms with van der Waals surface area (Å²) < 4.78 is 10.8. The molecule has 0 spiro atoms. The molecule has 1 rings (SSSR count). The molecule has 0 radical (unpaired) electrons. The van der Waals surface area contributed by atoms with Gasteiger partial charge in [-0.05, 0) is 32.9 Å². The zero-order chi connectivity index (χ0) is 15.8. The Morgan fingerprint density at radius 1 is 1.38 bits per heavy atom. The third-order valence-corrected chi connectivity index (χ3v) is 3.03. The zero-order valence-corrected chi connectivity index (χ0v) is 13.4. The number of hydrogen-bond donors (Lipinski definition) is 2. The highest BCUT2D eigenvalue weighted by Crippen LogP contribution is 2.15. The van der Waals surface area contributed by atoms with Crippen molar-refractivity contribution in [2.75, 3.05) is 18.5 Å². The van der Waals surface area contributed by atoms with Crippen molar-refractivity contribution >= 4 is 28.8 Å². The molecule has 2 atom stereocenters. The molecule has 21 heavy (non-hydrogen) atoms. The lowest BCUT2D eigenvalue weighted by Gasteiger charge is -2.19. The summed E-state index contributed by atoms with van der Waals surface area (Å²) in [6, 6.07) is 7.14. The molecule has 1 aromatic rings. The Kier molecular flexibility index (Phi) is 7.28. The van der Waals surface area contributed by atoms with Gasteiger partial charge >= 0.3 is 0 Å². The van der Waals surface area contributed by atoms with E-state index in [1.54, 1.807) is 25.1 Å². The van der Waals surface area contributed by atoms with Gasteiger partial charge < -0.3 is 20.5 Å². The number of hydrogen-bond acceptors (Lipinski definition) is 4. The van der Waals surface area contributed by atoms with Gasteiger partial charge in [0.15, 0.2) is 0 Å². The second-order valence-corrected chi connectivity index (χ2v) is 5.09. The van der Waals surface area contributed by atoms with Crippen molar-refractivity contribution in [3.63, 3.8) is 0 Å². The van der Waals surface area contributed by atoms with Gasteiger partial charge in [-0.2, -0.15) is 0 Å². The molecule has 2 unspecified atom stereocenters. The van der Waals surface area contributed by atoms with Crippen LogP contribution in [0.15, 0.2) is 24.3 Å². The summed E-state index contributed by atoms with van der Waals surface area (Å²) in [4.78, 5) is 12.4. The van der Waals surface area contributed by atoms with E-state index in [-0.39, 0.29) is 17.0 Å². The first-order valence-corrected chi connectivity index (χ1v) is 7.29. The van der Waals surface area contributed by atoms with Crippen LogP contribution in [0.5, 0.6) is 0 Å². The van der Waals surface area contributed by atoms with E-state index in [1.165, 1.54) is 0 Å². The summed E-state index contributed by atoms with van der Waals surface area (Å²) >= 11 is 4.96. The van der Waals surface area contributed by atoms with Crippen LogP contribution in [0.1, 0.15) is 26.3 Å². The van der Waals surface area contributed by atoms with E-state index in [0.717, 1.165) is 0 Å². The molecule has 0 aliphatic rings. The highest BCUT2D eigenvalue weighted by Gasteiger charge is 2.18. The minimum Gasteiger partial charge on any atom is -0.389 e. The number of nitrogens with two attached hydrogens (primary N) is 1. The number of para-hydroxylation sites is 1. The van der Waals surface area contributed by atoms with Crippen molar-refractivity contribution in [2.45, 2.75) is 33.0 Å². The number of nitrogens with one attached hydrogen (secondary N) is 1. The highest BCUT2D eigenvalue weighted by molar-refractivity contribution is 7.80. The molecule has 0 aliphatic carbocycles. The first-order valence-electron chi connectivity index (χ1n) is 6.88. The minimum absolute atomic E-state index is 0.156. The summed E-state index contributed by atoms with van der Waals surface area (Å²) in [5.74, 6) is -0.248. The molecule has 0 bridgehead atoms. The van der Waals surface area contributed by atoms with E-state index in [9.17, 15) is 4.79 Å². The Balaban J connectivity index is 2.62. The van der Waals surface area contributed by atoms with Gasteiger partial charge in [0.05, 0.1) is 18.4 Å². The van der Waals surface area contributed by atoms with Crippen molar-refractivity contribution < 1.29 is 14.3 Å². The van der Waals surface area contributed by atoms with Crippen LogP contribution in [0.2, 0.25) is 0 Å². The predicted molar refractivity (Wildman–Crippen MR) is 87.5 cm³/mol. The predicted octanol–water partition coefficient (Wildman–Crippen LogP) is 2.09.